The normalized spacial score (nSPS) is 23.8. The summed E-state index contributed by atoms with van der Waals surface area (Å²) < 4.78 is 73.6. The zero-order valence-electron chi connectivity index (χ0n) is 26.4. The molecule has 1 saturated heterocycles. The van der Waals surface area contributed by atoms with Gasteiger partial charge in [0.15, 0.2) is 0 Å². The van der Waals surface area contributed by atoms with E-state index in [9.17, 15) is 21.6 Å². The average molecular weight is 672 g/mol. The van der Waals surface area contributed by atoms with E-state index in [0.717, 1.165) is 57.7 Å². The molecule has 12 nitrogen and oxygen atoms in total. The number of morpholine rings is 1. The molecule has 2 unspecified atom stereocenters. The summed E-state index contributed by atoms with van der Waals surface area (Å²) in [5.74, 6) is 0.197. The smallest absolute Gasteiger partial charge is 0.303 e. The molecule has 7 rings (SSSR count). The number of benzene rings is 2. The molecule has 2 aliphatic carbocycles. The van der Waals surface area contributed by atoms with Gasteiger partial charge in [-0.15, -0.1) is 0 Å². The van der Waals surface area contributed by atoms with Crippen LogP contribution in [0.2, 0.25) is 0 Å². The first-order valence-corrected chi connectivity index (χ1v) is 18.8. The fourth-order valence-electron chi connectivity index (χ4n) is 7.64. The summed E-state index contributed by atoms with van der Waals surface area (Å²) in [6, 6.07) is 11.4. The number of aromatic nitrogens is 1. The number of carbonyl (C=O) groups excluding carboxylic acids is 1. The third-order valence-corrected chi connectivity index (χ3v) is 13.2. The van der Waals surface area contributed by atoms with E-state index in [2.05, 4.69) is 20.1 Å². The van der Waals surface area contributed by atoms with Gasteiger partial charge in [-0.3, -0.25) is 4.79 Å². The van der Waals surface area contributed by atoms with Gasteiger partial charge in [0.1, 0.15) is 5.75 Å². The SMILES string of the molecule is COc1ccc2c(c1)C1CC1(NS(=O)(=O)N1CCOCC1)Cn1c-2c(C2CCCCC2)c2ccc(C(=O)NS(=O)(=O)N(C)C)cc21. The van der Waals surface area contributed by atoms with E-state index in [4.69, 9.17) is 9.47 Å². The summed E-state index contributed by atoms with van der Waals surface area (Å²) in [5.41, 5.74) is 4.52. The highest BCUT2D eigenvalue weighted by Gasteiger charge is 2.60. The molecule has 4 aliphatic rings. The summed E-state index contributed by atoms with van der Waals surface area (Å²) in [7, 11) is -3.48. The van der Waals surface area contributed by atoms with E-state index in [1.807, 2.05) is 18.2 Å². The van der Waals surface area contributed by atoms with Crippen LogP contribution in [0.15, 0.2) is 36.4 Å². The minimum absolute atomic E-state index is 0.0840. The van der Waals surface area contributed by atoms with Crippen molar-refractivity contribution in [2.45, 2.75) is 62.4 Å². The summed E-state index contributed by atoms with van der Waals surface area (Å²) in [6.45, 7) is 1.64. The number of methoxy groups -OCH3 is 1. The Morgan fingerprint density at radius 2 is 1.76 bits per heavy atom. The minimum Gasteiger partial charge on any atom is -0.497 e. The van der Waals surface area contributed by atoms with Gasteiger partial charge in [-0.2, -0.15) is 30.2 Å². The van der Waals surface area contributed by atoms with Crippen molar-refractivity contribution in [1.82, 2.24) is 22.6 Å². The molecule has 14 heteroatoms. The Morgan fingerprint density at radius 3 is 2.46 bits per heavy atom. The molecular formula is C32H41N5O7S2. The number of hydrogen-bond acceptors (Lipinski definition) is 7. The molecule has 0 spiro atoms. The molecule has 46 heavy (non-hydrogen) atoms. The van der Waals surface area contributed by atoms with Crippen LogP contribution in [0.5, 0.6) is 5.75 Å². The highest BCUT2D eigenvalue weighted by atomic mass is 32.2. The van der Waals surface area contributed by atoms with Crippen LogP contribution in [0.1, 0.15) is 71.8 Å². The van der Waals surface area contributed by atoms with Crippen LogP contribution in [-0.2, 0) is 31.7 Å². The molecule has 3 fully saturated rings. The summed E-state index contributed by atoms with van der Waals surface area (Å²) in [5, 5.41) is 1.00. The predicted molar refractivity (Wildman–Crippen MR) is 174 cm³/mol. The van der Waals surface area contributed by atoms with Gasteiger partial charge in [0, 0.05) is 61.7 Å². The Kier molecular flexibility index (Phi) is 7.96. The minimum atomic E-state index is -4.00. The topological polar surface area (TPSA) is 139 Å². The Balaban J connectivity index is 1.42. The summed E-state index contributed by atoms with van der Waals surface area (Å²) in [4.78, 5) is 13.3. The molecule has 0 bridgehead atoms. The van der Waals surface area contributed by atoms with Crippen LogP contribution in [0.3, 0.4) is 0 Å². The lowest BCUT2D eigenvalue weighted by Gasteiger charge is -2.29. The van der Waals surface area contributed by atoms with Gasteiger partial charge in [-0.05, 0) is 66.6 Å². The maximum atomic E-state index is 13.8. The van der Waals surface area contributed by atoms with Gasteiger partial charge in [-0.1, -0.05) is 25.3 Å². The second kappa shape index (κ2) is 11.6. The van der Waals surface area contributed by atoms with Gasteiger partial charge >= 0.3 is 10.2 Å². The standard InChI is InChI=1S/C32H41N5O7S2/c1-35(2)45(39,40)33-31(38)22-9-11-25-28(17-22)37-20-32(34-46(41,42)36-13-15-44-16-14-36)19-27(32)26-18-23(43-3)10-12-24(26)30(37)29(25)21-7-5-4-6-8-21/h9-12,17-18,21,27,34H,4-8,13-16,19-20H2,1-3H3,(H,33,38). The van der Waals surface area contributed by atoms with Crippen molar-refractivity contribution in [2.24, 2.45) is 0 Å². The monoisotopic (exact) mass is 671 g/mol. The van der Waals surface area contributed by atoms with Crippen molar-refractivity contribution in [3.63, 3.8) is 0 Å². The number of fused-ring (bicyclic) bond motifs is 7. The maximum Gasteiger partial charge on any atom is 0.303 e. The van der Waals surface area contributed by atoms with Crippen LogP contribution >= 0.6 is 0 Å². The van der Waals surface area contributed by atoms with Crippen LogP contribution in [0.25, 0.3) is 22.2 Å². The number of amides is 1. The average Bonchev–Trinajstić information content (AvgIpc) is 3.67. The number of hydrogen-bond donors (Lipinski definition) is 2. The van der Waals surface area contributed by atoms with Crippen LogP contribution in [0.4, 0.5) is 0 Å². The zero-order chi connectivity index (χ0) is 32.4. The Bertz CT molecular complexity index is 1910. The van der Waals surface area contributed by atoms with E-state index in [1.165, 1.54) is 30.4 Å². The lowest BCUT2D eigenvalue weighted by atomic mass is 9.81. The van der Waals surface area contributed by atoms with Crippen molar-refractivity contribution >= 4 is 37.2 Å². The molecule has 3 heterocycles. The molecule has 1 aromatic heterocycles. The van der Waals surface area contributed by atoms with E-state index < -0.39 is 31.9 Å². The van der Waals surface area contributed by atoms with Crippen molar-refractivity contribution in [2.75, 3.05) is 47.5 Å². The second-order valence-electron chi connectivity index (χ2n) is 13.1. The van der Waals surface area contributed by atoms with Crippen LogP contribution < -0.4 is 14.2 Å². The molecule has 3 aromatic rings. The molecule has 2 aliphatic heterocycles. The number of rotatable bonds is 8. The zero-order valence-corrected chi connectivity index (χ0v) is 28.0. The van der Waals surface area contributed by atoms with Gasteiger partial charge in [0.25, 0.3) is 16.1 Å². The van der Waals surface area contributed by atoms with Crippen molar-refractivity contribution in [1.29, 1.82) is 0 Å². The second-order valence-corrected chi connectivity index (χ2v) is 16.7. The van der Waals surface area contributed by atoms with Crippen LogP contribution in [0, 0.1) is 0 Å². The molecule has 2 atom stereocenters. The first kappa shape index (κ1) is 31.6. The number of nitrogens with one attached hydrogen (secondary N) is 2. The van der Waals surface area contributed by atoms with Gasteiger partial charge in [0.05, 0.1) is 31.6 Å². The molecule has 0 radical (unpaired) electrons. The van der Waals surface area contributed by atoms with Crippen molar-refractivity contribution in [3.05, 3.63) is 53.1 Å². The molecule has 1 amide bonds. The quantitative estimate of drug-likeness (QED) is 0.375. The highest BCUT2D eigenvalue weighted by molar-refractivity contribution is 7.87. The fourth-order valence-corrected chi connectivity index (χ4v) is 9.74. The lowest BCUT2D eigenvalue weighted by Crippen LogP contribution is -2.52. The predicted octanol–water partition coefficient (Wildman–Crippen LogP) is 3.31. The third kappa shape index (κ3) is 5.42. The maximum absolute atomic E-state index is 13.8. The fraction of sp³-hybridized carbons (Fsp3) is 0.531. The van der Waals surface area contributed by atoms with E-state index in [1.54, 1.807) is 19.2 Å². The largest absolute Gasteiger partial charge is 0.497 e. The molecule has 248 valence electrons. The van der Waals surface area contributed by atoms with Crippen molar-refractivity contribution in [3.8, 4) is 17.0 Å². The summed E-state index contributed by atoms with van der Waals surface area (Å²) in [6.07, 6.45) is 6.13. The first-order valence-electron chi connectivity index (χ1n) is 15.9. The van der Waals surface area contributed by atoms with Crippen LogP contribution in [-0.4, -0.2) is 89.0 Å². The van der Waals surface area contributed by atoms with E-state index in [0.29, 0.717) is 50.9 Å². The molecular weight excluding hydrogens is 631 g/mol. The van der Waals surface area contributed by atoms with E-state index >= 15 is 0 Å². The molecule has 2 N–H and O–H groups in total. The van der Waals surface area contributed by atoms with Gasteiger partial charge in [0.2, 0.25) is 0 Å². The Morgan fingerprint density at radius 1 is 1.02 bits per heavy atom. The van der Waals surface area contributed by atoms with E-state index in [-0.39, 0.29) is 11.5 Å². The molecule has 2 saturated carbocycles. The third-order valence-electron chi connectivity index (χ3n) is 10.1. The Hall–Kier alpha value is -3.01. The van der Waals surface area contributed by atoms with Gasteiger partial charge < -0.3 is 14.0 Å². The van der Waals surface area contributed by atoms with Crippen molar-refractivity contribution < 1.29 is 31.1 Å². The molecule has 2 aromatic carbocycles. The number of ether oxygens (including phenoxy) is 2. The van der Waals surface area contributed by atoms with Gasteiger partial charge in [-0.25, -0.2) is 4.72 Å². The summed E-state index contributed by atoms with van der Waals surface area (Å²) >= 11 is 0. The Labute approximate surface area is 270 Å². The number of carbonyl (C=O) groups is 1. The number of nitrogens with zero attached hydrogens (tertiary/aromatic N) is 3. The highest BCUT2D eigenvalue weighted by Crippen LogP contribution is 2.60. The first-order chi connectivity index (χ1) is 21.9. The lowest BCUT2D eigenvalue weighted by molar-refractivity contribution is 0.0722.